The number of likely N-dealkylation sites (N-methyl/N-ethyl adjacent to an activating group) is 1. The lowest BCUT2D eigenvalue weighted by molar-refractivity contribution is -0.126. The number of benzene rings is 1. The Balaban J connectivity index is 1.78. The van der Waals surface area contributed by atoms with Crippen LogP contribution in [0, 0.1) is 0 Å². The average molecular weight is 376 g/mol. The first-order valence-electron chi connectivity index (χ1n) is 7.00. The molecular weight excluding hydrogens is 362 g/mol. The minimum absolute atomic E-state index is 0.0713. The molecule has 1 aliphatic heterocycles. The van der Waals surface area contributed by atoms with E-state index in [1.807, 2.05) is 24.3 Å². The van der Waals surface area contributed by atoms with Gasteiger partial charge in [0.2, 0.25) is 5.78 Å². The van der Waals surface area contributed by atoms with Gasteiger partial charge in [-0.3, -0.25) is 9.59 Å². The molecule has 6 heteroatoms. The van der Waals surface area contributed by atoms with Crippen LogP contribution in [0.5, 0.6) is 0 Å². The van der Waals surface area contributed by atoms with Crippen LogP contribution in [0.25, 0.3) is 0 Å². The lowest BCUT2D eigenvalue weighted by Gasteiger charge is -2.05. The van der Waals surface area contributed by atoms with Crippen molar-refractivity contribution < 1.29 is 19.1 Å². The molecule has 1 aromatic carbocycles. The van der Waals surface area contributed by atoms with Crippen molar-refractivity contribution in [2.75, 3.05) is 13.6 Å². The molecule has 23 heavy (non-hydrogen) atoms. The average Bonchev–Trinajstić information content (AvgIpc) is 3.10. The predicted molar refractivity (Wildman–Crippen MR) is 87.3 cm³/mol. The molecule has 1 amide bonds. The van der Waals surface area contributed by atoms with Gasteiger partial charge in [0.1, 0.15) is 0 Å². The number of amides is 1. The second-order valence-corrected chi connectivity index (χ2v) is 6.36. The molecule has 1 aliphatic rings. The Labute approximate surface area is 141 Å². The molecule has 0 saturated heterocycles. The van der Waals surface area contributed by atoms with Gasteiger partial charge < -0.3 is 14.4 Å². The number of nitrogens with zero attached hydrogens (tertiary/aromatic N) is 1. The van der Waals surface area contributed by atoms with E-state index in [0.29, 0.717) is 6.42 Å². The van der Waals surface area contributed by atoms with E-state index >= 15 is 0 Å². The molecule has 5 nitrogen and oxygen atoms in total. The van der Waals surface area contributed by atoms with Crippen LogP contribution in [0.4, 0.5) is 0 Å². The topological polar surface area (TPSA) is 70.8 Å². The molecular formula is C17H14BrNO4. The van der Waals surface area contributed by atoms with Crippen molar-refractivity contribution in [1.82, 2.24) is 4.90 Å². The summed E-state index contributed by atoms with van der Waals surface area (Å²) in [4.78, 5) is 25.2. The Bertz CT molecular complexity index is 804. The number of rotatable bonds is 4. The van der Waals surface area contributed by atoms with Crippen LogP contribution in [0.15, 0.2) is 56.8 Å². The van der Waals surface area contributed by atoms with Crippen molar-refractivity contribution in [2.45, 2.75) is 6.42 Å². The highest BCUT2D eigenvalue weighted by atomic mass is 79.9. The van der Waals surface area contributed by atoms with Gasteiger partial charge in [-0.2, -0.15) is 0 Å². The predicted octanol–water partition coefficient (Wildman–Crippen LogP) is 3.10. The van der Waals surface area contributed by atoms with Crippen LogP contribution in [0.1, 0.15) is 21.7 Å². The standard InChI is InChI=1S/C17H14BrNO4/c1-19-8-13(16(21)17(19)22)15(20)14-7-11(9-23-14)6-10-2-4-12(18)5-3-10/h2-5,7,9,21H,6,8H2,1H3. The number of hydrogen-bond acceptors (Lipinski definition) is 4. The molecule has 2 aromatic rings. The van der Waals surface area contributed by atoms with E-state index in [0.717, 1.165) is 15.6 Å². The van der Waals surface area contributed by atoms with Crippen LogP contribution in [-0.2, 0) is 11.2 Å². The molecule has 0 bridgehead atoms. The van der Waals surface area contributed by atoms with Crippen LogP contribution in [0.2, 0.25) is 0 Å². The second kappa shape index (κ2) is 6.04. The molecule has 1 aromatic heterocycles. The van der Waals surface area contributed by atoms with Gasteiger partial charge in [0, 0.05) is 17.9 Å². The lowest BCUT2D eigenvalue weighted by Crippen LogP contribution is -2.22. The van der Waals surface area contributed by atoms with Gasteiger partial charge in [-0.05, 0) is 29.3 Å². The fraction of sp³-hybridized carbons (Fsp3) is 0.176. The van der Waals surface area contributed by atoms with Gasteiger partial charge in [-0.15, -0.1) is 0 Å². The maximum absolute atomic E-state index is 12.4. The zero-order chi connectivity index (χ0) is 16.6. The Morgan fingerprint density at radius 2 is 2.00 bits per heavy atom. The third-order valence-electron chi connectivity index (χ3n) is 3.70. The first-order chi connectivity index (χ1) is 11.0. The number of ketones is 1. The van der Waals surface area contributed by atoms with Crippen LogP contribution in [-0.4, -0.2) is 35.3 Å². The second-order valence-electron chi connectivity index (χ2n) is 5.44. The summed E-state index contributed by atoms with van der Waals surface area (Å²) < 4.78 is 6.32. The number of halogens is 1. The first kappa shape index (κ1) is 15.6. The minimum atomic E-state index is -0.546. The van der Waals surface area contributed by atoms with E-state index in [1.54, 1.807) is 6.07 Å². The van der Waals surface area contributed by atoms with Gasteiger partial charge in [0.15, 0.2) is 11.5 Å². The van der Waals surface area contributed by atoms with Gasteiger partial charge in [0.05, 0.1) is 18.4 Å². The first-order valence-corrected chi connectivity index (χ1v) is 7.79. The minimum Gasteiger partial charge on any atom is -0.503 e. The van der Waals surface area contributed by atoms with E-state index in [2.05, 4.69) is 15.9 Å². The van der Waals surface area contributed by atoms with E-state index in [9.17, 15) is 14.7 Å². The molecule has 0 unspecified atom stereocenters. The summed E-state index contributed by atoms with van der Waals surface area (Å²) in [6.45, 7) is 0.0895. The Hall–Kier alpha value is -2.34. The van der Waals surface area contributed by atoms with Crippen LogP contribution < -0.4 is 0 Å². The molecule has 2 heterocycles. The van der Waals surface area contributed by atoms with E-state index in [-0.39, 0.29) is 17.9 Å². The fourth-order valence-electron chi connectivity index (χ4n) is 2.45. The zero-order valence-electron chi connectivity index (χ0n) is 12.4. The van der Waals surface area contributed by atoms with Crippen LogP contribution >= 0.6 is 15.9 Å². The van der Waals surface area contributed by atoms with E-state index < -0.39 is 17.4 Å². The van der Waals surface area contributed by atoms with Gasteiger partial charge >= 0.3 is 0 Å². The SMILES string of the molecule is CN1CC(C(=O)c2cc(Cc3ccc(Br)cc3)co2)=C(O)C1=O. The van der Waals surface area contributed by atoms with Gasteiger partial charge in [-0.1, -0.05) is 28.1 Å². The normalized spacial score (nSPS) is 14.7. The highest BCUT2D eigenvalue weighted by Crippen LogP contribution is 2.22. The molecule has 0 aliphatic carbocycles. The summed E-state index contributed by atoms with van der Waals surface area (Å²) in [6, 6.07) is 9.51. The summed E-state index contributed by atoms with van der Waals surface area (Å²) in [7, 11) is 1.53. The lowest BCUT2D eigenvalue weighted by atomic mass is 10.1. The highest BCUT2D eigenvalue weighted by Gasteiger charge is 2.33. The molecule has 0 spiro atoms. The fourth-order valence-corrected chi connectivity index (χ4v) is 2.71. The molecule has 0 radical (unpaired) electrons. The zero-order valence-corrected chi connectivity index (χ0v) is 14.0. The smallest absolute Gasteiger partial charge is 0.289 e. The molecule has 118 valence electrons. The number of hydrogen-bond donors (Lipinski definition) is 1. The van der Waals surface area contributed by atoms with E-state index in [4.69, 9.17) is 4.42 Å². The summed E-state index contributed by atoms with van der Waals surface area (Å²) >= 11 is 3.38. The monoisotopic (exact) mass is 375 g/mol. The van der Waals surface area contributed by atoms with Crippen molar-refractivity contribution >= 4 is 27.6 Å². The quantitative estimate of drug-likeness (QED) is 0.833. The third-order valence-corrected chi connectivity index (χ3v) is 4.23. The van der Waals surface area contributed by atoms with Gasteiger partial charge in [0.25, 0.3) is 5.91 Å². The number of Topliss-reactive ketones (excluding diaryl/α,β-unsaturated/α-hetero) is 1. The van der Waals surface area contributed by atoms with E-state index in [1.165, 1.54) is 18.2 Å². The Kier molecular flexibility index (Phi) is 4.09. The maximum Gasteiger partial charge on any atom is 0.289 e. The number of carbonyl (C=O) groups excluding carboxylic acids is 2. The summed E-state index contributed by atoms with van der Waals surface area (Å²) in [6.07, 6.45) is 2.15. The molecule has 0 saturated carbocycles. The Morgan fingerprint density at radius 3 is 2.61 bits per heavy atom. The van der Waals surface area contributed by atoms with Gasteiger partial charge in [-0.25, -0.2) is 0 Å². The maximum atomic E-state index is 12.4. The number of furan rings is 1. The summed E-state index contributed by atoms with van der Waals surface area (Å²) in [5.41, 5.74) is 2.02. The number of aliphatic hydroxyl groups excluding tert-OH is 1. The largest absolute Gasteiger partial charge is 0.503 e. The van der Waals surface area contributed by atoms with Crippen molar-refractivity contribution in [1.29, 1.82) is 0 Å². The summed E-state index contributed by atoms with van der Waals surface area (Å²) in [5, 5.41) is 9.75. The van der Waals surface area contributed by atoms with Crippen molar-refractivity contribution in [3.05, 3.63) is 69.3 Å². The molecule has 0 fully saturated rings. The molecule has 1 N–H and O–H groups in total. The van der Waals surface area contributed by atoms with Crippen LogP contribution in [0.3, 0.4) is 0 Å². The number of aliphatic hydroxyl groups is 1. The van der Waals surface area contributed by atoms with Crippen molar-refractivity contribution in [2.24, 2.45) is 0 Å². The van der Waals surface area contributed by atoms with Crippen molar-refractivity contribution in [3.8, 4) is 0 Å². The molecule has 3 rings (SSSR count). The number of carbonyl (C=O) groups is 2. The summed E-state index contributed by atoms with van der Waals surface area (Å²) in [5.74, 6) is -1.37. The Morgan fingerprint density at radius 1 is 1.30 bits per heavy atom. The molecule has 0 atom stereocenters. The highest BCUT2D eigenvalue weighted by molar-refractivity contribution is 9.10. The third kappa shape index (κ3) is 3.07. The van der Waals surface area contributed by atoms with Crippen molar-refractivity contribution in [3.63, 3.8) is 0 Å².